The van der Waals surface area contributed by atoms with Gasteiger partial charge in [0.15, 0.2) is 6.10 Å². The maximum atomic E-state index is 12.7. The van der Waals surface area contributed by atoms with Crippen molar-refractivity contribution in [2.45, 2.75) is 238 Å². The third-order valence-electron chi connectivity index (χ3n) is 11.6. The van der Waals surface area contributed by atoms with Gasteiger partial charge < -0.3 is 20.1 Å². The molecule has 0 aliphatic rings. The third-order valence-corrected chi connectivity index (χ3v) is 12.6. The molecule has 3 N–H and O–H groups in total. The Labute approximate surface area is 435 Å². The van der Waals surface area contributed by atoms with Crippen molar-refractivity contribution in [3.8, 4) is 0 Å². The minimum Gasteiger partial charge on any atom is -0.462 e. The van der Waals surface area contributed by atoms with Crippen molar-refractivity contribution in [1.82, 2.24) is 0 Å². The van der Waals surface area contributed by atoms with Gasteiger partial charge in [-0.2, -0.15) is 0 Å². The van der Waals surface area contributed by atoms with Crippen LogP contribution in [0.4, 0.5) is 0 Å². The van der Waals surface area contributed by atoms with Crippen LogP contribution in [0.15, 0.2) is 109 Å². The molecule has 0 radical (unpaired) electrons. The normalized spacial score (nSPS) is 13.9. The number of hydrogen-bond donors (Lipinski definition) is 2. The van der Waals surface area contributed by atoms with Crippen molar-refractivity contribution in [2.24, 2.45) is 5.73 Å². The zero-order valence-electron chi connectivity index (χ0n) is 45.2. The Morgan fingerprint density at radius 1 is 0.437 bits per heavy atom. The predicted molar refractivity (Wildman–Crippen MR) is 302 cm³/mol. The van der Waals surface area contributed by atoms with Crippen molar-refractivity contribution in [3.63, 3.8) is 0 Å². The summed E-state index contributed by atoms with van der Waals surface area (Å²) < 4.78 is 32.9. The zero-order chi connectivity index (χ0) is 51.7. The Bertz CT molecular complexity index is 1530. The van der Waals surface area contributed by atoms with E-state index in [-0.39, 0.29) is 32.6 Å². The number of unbranched alkanes of at least 4 members (excludes halogenated alkanes) is 21. The molecule has 0 rings (SSSR count). The van der Waals surface area contributed by atoms with Gasteiger partial charge in [0, 0.05) is 19.4 Å². The number of hydrogen-bond acceptors (Lipinski definition) is 8. The first-order chi connectivity index (χ1) is 34.8. The number of carbonyl (C=O) groups is 2. The Morgan fingerprint density at radius 2 is 0.775 bits per heavy atom. The first-order valence-corrected chi connectivity index (χ1v) is 29.9. The van der Waals surface area contributed by atoms with Crippen molar-refractivity contribution in [3.05, 3.63) is 109 Å². The summed E-state index contributed by atoms with van der Waals surface area (Å²) in [7, 11) is -4.39. The summed E-state index contributed by atoms with van der Waals surface area (Å²) in [5.41, 5.74) is 5.37. The van der Waals surface area contributed by atoms with Crippen molar-refractivity contribution >= 4 is 19.8 Å². The second-order valence-corrected chi connectivity index (χ2v) is 19.9. The molecule has 71 heavy (non-hydrogen) atoms. The lowest BCUT2D eigenvalue weighted by atomic mass is 10.0. The fourth-order valence-electron chi connectivity index (χ4n) is 7.48. The standard InChI is InChI=1S/C61H104NO8P/c1-3-5-7-9-11-13-15-17-18-19-20-21-22-23-24-25-26-27-28-29-30-31-32-33-34-35-36-37-38-39-40-42-44-46-48-50-52-54-61(64)70-59(58-69-71(65,66)68-56-55-62)57-67-60(63)53-51-49-47-45-43-41-16-14-12-10-8-6-4-2/h5,7-8,10-11,13-14,16-18,20-21,23-24,26-27,29-30,59H,3-4,6,9,12,15,19,22,25,28,31-58,62H2,1-2H3,(H,65,66)/b7-5-,10-8-,13-11-,16-14-,18-17-,21-20-,24-23-,27-26-,30-29-. The van der Waals surface area contributed by atoms with Crippen LogP contribution in [0.2, 0.25) is 0 Å². The molecule has 0 heterocycles. The van der Waals surface area contributed by atoms with E-state index in [9.17, 15) is 19.0 Å². The number of esters is 2. The van der Waals surface area contributed by atoms with Crippen molar-refractivity contribution in [1.29, 1.82) is 0 Å². The van der Waals surface area contributed by atoms with Crippen LogP contribution in [0.5, 0.6) is 0 Å². The number of phosphoric acid groups is 1. The van der Waals surface area contributed by atoms with E-state index in [2.05, 4.69) is 123 Å². The largest absolute Gasteiger partial charge is 0.472 e. The van der Waals surface area contributed by atoms with E-state index >= 15 is 0 Å². The van der Waals surface area contributed by atoms with Crippen LogP contribution in [-0.4, -0.2) is 49.3 Å². The topological polar surface area (TPSA) is 134 Å². The van der Waals surface area contributed by atoms with E-state index in [0.717, 1.165) is 109 Å². The van der Waals surface area contributed by atoms with Crippen LogP contribution < -0.4 is 5.73 Å². The maximum absolute atomic E-state index is 12.7. The molecule has 0 aliphatic carbocycles. The SMILES string of the molecule is CC/C=C\C/C=C\C/C=C\C/C=C\C/C=C\C/C=C\C/C=C\CCCCCCCCCCCCCCCCCC(=O)OC(COC(=O)CCCCCCC/C=C\C/C=C\CCC)COP(=O)(O)OCCN. The summed E-state index contributed by atoms with van der Waals surface area (Å²) >= 11 is 0. The lowest BCUT2D eigenvalue weighted by Gasteiger charge is -2.19. The number of phosphoric ester groups is 1. The molecule has 0 saturated carbocycles. The molecule has 0 aliphatic heterocycles. The number of ether oxygens (including phenoxy) is 2. The Hall–Kier alpha value is -3.33. The van der Waals surface area contributed by atoms with Gasteiger partial charge in [-0.05, 0) is 96.3 Å². The van der Waals surface area contributed by atoms with Gasteiger partial charge in [-0.25, -0.2) is 4.57 Å². The molecule has 0 bridgehead atoms. The number of rotatable bonds is 52. The lowest BCUT2D eigenvalue weighted by Crippen LogP contribution is -2.29. The van der Waals surface area contributed by atoms with Gasteiger partial charge in [0.1, 0.15) is 6.61 Å². The van der Waals surface area contributed by atoms with Gasteiger partial charge in [-0.15, -0.1) is 0 Å². The minimum atomic E-state index is -4.39. The Balaban J connectivity index is 3.90. The Kier molecular flexibility index (Phi) is 53.3. The zero-order valence-corrected chi connectivity index (χ0v) is 46.1. The average Bonchev–Trinajstić information content (AvgIpc) is 3.36. The van der Waals surface area contributed by atoms with E-state index in [1.165, 1.54) is 83.5 Å². The highest BCUT2D eigenvalue weighted by Gasteiger charge is 2.26. The van der Waals surface area contributed by atoms with E-state index < -0.39 is 32.5 Å². The highest BCUT2D eigenvalue weighted by molar-refractivity contribution is 7.47. The molecule has 406 valence electrons. The highest BCUT2D eigenvalue weighted by atomic mass is 31.2. The monoisotopic (exact) mass is 1010 g/mol. The predicted octanol–water partition coefficient (Wildman–Crippen LogP) is 17.8. The molecule has 0 aromatic carbocycles. The molecule has 0 amide bonds. The smallest absolute Gasteiger partial charge is 0.462 e. The molecule has 10 heteroatoms. The van der Waals surface area contributed by atoms with Crippen LogP contribution in [0.3, 0.4) is 0 Å². The summed E-state index contributed by atoms with van der Waals surface area (Å²) in [5.74, 6) is -0.847. The minimum absolute atomic E-state index is 0.0476. The van der Waals surface area contributed by atoms with Gasteiger partial charge in [0.05, 0.1) is 13.2 Å². The highest BCUT2D eigenvalue weighted by Crippen LogP contribution is 2.43. The number of nitrogens with two attached hydrogens (primary N) is 1. The summed E-state index contributed by atoms with van der Waals surface area (Å²) in [6.07, 6.45) is 75.8. The molecule has 2 unspecified atom stereocenters. The van der Waals surface area contributed by atoms with E-state index in [1.54, 1.807) is 0 Å². The number of carbonyl (C=O) groups excluding carboxylic acids is 2. The van der Waals surface area contributed by atoms with E-state index in [1.807, 2.05) is 0 Å². The molecular weight excluding hydrogens is 906 g/mol. The van der Waals surface area contributed by atoms with Gasteiger partial charge >= 0.3 is 19.8 Å². The van der Waals surface area contributed by atoms with Crippen LogP contribution in [-0.2, 0) is 32.7 Å². The fourth-order valence-corrected chi connectivity index (χ4v) is 8.24. The quantitative estimate of drug-likeness (QED) is 0.0264. The second-order valence-electron chi connectivity index (χ2n) is 18.4. The molecule has 0 aromatic heterocycles. The van der Waals surface area contributed by atoms with Crippen molar-refractivity contribution in [2.75, 3.05) is 26.4 Å². The fraction of sp³-hybridized carbons (Fsp3) is 0.672. The third kappa shape index (κ3) is 55.8. The summed E-state index contributed by atoms with van der Waals surface area (Å²) in [6.45, 7) is 3.54. The van der Waals surface area contributed by atoms with Gasteiger partial charge in [-0.3, -0.25) is 18.6 Å². The average molecular weight is 1010 g/mol. The first kappa shape index (κ1) is 67.7. The lowest BCUT2D eigenvalue weighted by molar-refractivity contribution is -0.161. The van der Waals surface area contributed by atoms with Gasteiger partial charge in [0.2, 0.25) is 0 Å². The Morgan fingerprint density at radius 3 is 1.15 bits per heavy atom. The molecule has 0 fully saturated rings. The second kappa shape index (κ2) is 56.0. The summed E-state index contributed by atoms with van der Waals surface area (Å²) in [5, 5.41) is 0. The maximum Gasteiger partial charge on any atom is 0.472 e. The van der Waals surface area contributed by atoms with Crippen LogP contribution in [0.25, 0.3) is 0 Å². The number of allylic oxidation sites excluding steroid dienone is 18. The molecule has 9 nitrogen and oxygen atoms in total. The molecule has 2 atom stereocenters. The summed E-state index contributed by atoms with van der Waals surface area (Å²) in [6, 6.07) is 0. The van der Waals surface area contributed by atoms with E-state index in [0.29, 0.717) is 12.8 Å². The van der Waals surface area contributed by atoms with E-state index in [4.69, 9.17) is 24.3 Å². The summed E-state index contributed by atoms with van der Waals surface area (Å²) in [4.78, 5) is 35.0. The van der Waals surface area contributed by atoms with Gasteiger partial charge in [-0.1, -0.05) is 232 Å². The molecule has 0 saturated heterocycles. The molecule has 0 spiro atoms. The molecule has 0 aromatic rings. The van der Waals surface area contributed by atoms with Crippen LogP contribution in [0.1, 0.15) is 232 Å². The van der Waals surface area contributed by atoms with Crippen LogP contribution >= 0.6 is 7.82 Å². The van der Waals surface area contributed by atoms with Crippen molar-refractivity contribution < 1.29 is 37.6 Å². The van der Waals surface area contributed by atoms with Crippen LogP contribution in [0, 0.1) is 0 Å². The first-order valence-electron chi connectivity index (χ1n) is 28.4. The van der Waals surface area contributed by atoms with Gasteiger partial charge in [0.25, 0.3) is 0 Å². The molecular formula is C61H104NO8P.